The maximum absolute atomic E-state index is 11.7. The van der Waals surface area contributed by atoms with Gasteiger partial charge in [0.2, 0.25) is 5.91 Å². The second kappa shape index (κ2) is 7.44. The fourth-order valence-corrected chi connectivity index (χ4v) is 2.33. The van der Waals surface area contributed by atoms with Crippen LogP contribution in [0.2, 0.25) is 0 Å². The van der Waals surface area contributed by atoms with Gasteiger partial charge in [0.25, 0.3) is 0 Å². The van der Waals surface area contributed by atoms with Crippen LogP contribution in [0.25, 0.3) is 0 Å². The molecule has 0 spiro atoms. The molecule has 0 bridgehead atoms. The summed E-state index contributed by atoms with van der Waals surface area (Å²) in [5, 5.41) is 2.09. The first kappa shape index (κ1) is 13.2. The summed E-state index contributed by atoms with van der Waals surface area (Å²) in [7, 11) is 1.91. The second-order valence-corrected chi connectivity index (χ2v) is 5.13. The van der Waals surface area contributed by atoms with Gasteiger partial charge in [-0.3, -0.25) is 4.79 Å². The molecule has 1 amide bonds. The van der Waals surface area contributed by atoms with E-state index in [1.54, 1.807) is 11.3 Å². The van der Waals surface area contributed by atoms with Crippen molar-refractivity contribution in [2.75, 3.05) is 13.6 Å². The average Bonchev–Trinajstić information content (AvgIpc) is 2.78. The fourth-order valence-electron chi connectivity index (χ4n) is 1.58. The van der Waals surface area contributed by atoms with E-state index in [-0.39, 0.29) is 5.91 Å². The van der Waals surface area contributed by atoms with Crippen LogP contribution in [-0.2, 0) is 11.2 Å². The van der Waals surface area contributed by atoms with Crippen molar-refractivity contribution in [3.05, 3.63) is 22.4 Å². The van der Waals surface area contributed by atoms with E-state index >= 15 is 0 Å². The van der Waals surface area contributed by atoms with Crippen LogP contribution >= 0.6 is 11.3 Å². The maximum Gasteiger partial charge on any atom is 0.222 e. The third-order valence-electron chi connectivity index (χ3n) is 2.67. The number of carbonyl (C=O) groups excluding carboxylic acids is 1. The molecule has 0 radical (unpaired) electrons. The summed E-state index contributed by atoms with van der Waals surface area (Å²) in [4.78, 5) is 14.9. The highest BCUT2D eigenvalue weighted by atomic mass is 32.1. The molecule has 0 aromatic carbocycles. The molecule has 2 nitrogen and oxygen atoms in total. The summed E-state index contributed by atoms with van der Waals surface area (Å²) >= 11 is 1.77. The van der Waals surface area contributed by atoms with E-state index in [1.165, 1.54) is 4.88 Å². The van der Waals surface area contributed by atoms with Crippen molar-refractivity contribution in [3.63, 3.8) is 0 Å². The van der Waals surface area contributed by atoms with Crippen molar-refractivity contribution in [2.45, 2.75) is 39.0 Å². The van der Waals surface area contributed by atoms with Gasteiger partial charge in [0.1, 0.15) is 0 Å². The topological polar surface area (TPSA) is 20.3 Å². The molecule has 0 unspecified atom stereocenters. The number of thiophene rings is 1. The predicted molar refractivity (Wildman–Crippen MR) is 69.8 cm³/mol. The van der Waals surface area contributed by atoms with E-state index in [0.29, 0.717) is 6.42 Å². The van der Waals surface area contributed by atoms with Crippen LogP contribution in [0.1, 0.15) is 37.5 Å². The third-order valence-corrected chi connectivity index (χ3v) is 3.60. The molecule has 1 heterocycles. The minimum Gasteiger partial charge on any atom is -0.346 e. The van der Waals surface area contributed by atoms with E-state index in [2.05, 4.69) is 24.4 Å². The molecule has 1 rings (SSSR count). The van der Waals surface area contributed by atoms with Crippen LogP contribution in [0.15, 0.2) is 17.5 Å². The molecule has 90 valence electrons. The summed E-state index contributed by atoms with van der Waals surface area (Å²) in [6.07, 6.45) is 4.93. The van der Waals surface area contributed by atoms with E-state index in [9.17, 15) is 4.79 Å². The van der Waals surface area contributed by atoms with E-state index < -0.39 is 0 Å². The van der Waals surface area contributed by atoms with Gasteiger partial charge >= 0.3 is 0 Å². The zero-order valence-corrected chi connectivity index (χ0v) is 11.1. The maximum atomic E-state index is 11.7. The van der Waals surface area contributed by atoms with Crippen molar-refractivity contribution in [1.82, 2.24) is 4.90 Å². The zero-order valence-electron chi connectivity index (χ0n) is 10.2. The summed E-state index contributed by atoms with van der Waals surface area (Å²) in [6.45, 7) is 3.05. The minimum atomic E-state index is 0.282. The van der Waals surface area contributed by atoms with E-state index in [0.717, 1.165) is 32.2 Å². The molecule has 0 N–H and O–H groups in total. The number of amides is 1. The third kappa shape index (κ3) is 4.79. The average molecular weight is 239 g/mol. The standard InChI is InChI=1S/C13H21NOS/c1-3-4-10-14(2)13(15)9-5-7-12-8-6-11-16-12/h6,8,11H,3-5,7,9-10H2,1-2H3. The highest BCUT2D eigenvalue weighted by Gasteiger charge is 2.07. The lowest BCUT2D eigenvalue weighted by molar-refractivity contribution is -0.130. The molecule has 3 heteroatoms. The Hall–Kier alpha value is -0.830. The van der Waals surface area contributed by atoms with Gasteiger partial charge in [-0.15, -0.1) is 11.3 Å². The SMILES string of the molecule is CCCCN(C)C(=O)CCCc1cccs1. The first-order valence-corrected chi connectivity index (χ1v) is 6.88. The molecule has 0 aliphatic rings. The van der Waals surface area contributed by atoms with Gasteiger partial charge in [-0.1, -0.05) is 19.4 Å². The van der Waals surface area contributed by atoms with Crippen molar-refractivity contribution >= 4 is 17.2 Å². The number of carbonyl (C=O) groups is 1. The van der Waals surface area contributed by atoms with Gasteiger partial charge in [-0.25, -0.2) is 0 Å². The Morgan fingerprint density at radius 1 is 1.44 bits per heavy atom. The van der Waals surface area contributed by atoms with Crippen LogP contribution in [-0.4, -0.2) is 24.4 Å². The molecule has 0 atom stereocenters. The number of hydrogen-bond acceptors (Lipinski definition) is 2. The number of unbranched alkanes of at least 4 members (excludes halogenated alkanes) is 1. The first-order valence-electron chi connectivity index (χ1n) is 6.00. The van der Waals surface area contributed by atoms with Crippen molar-refractivity contribution in [1.29, 1.82) is 0 Å². The molecule has 0 fully saturated rings. The summed E-state index contributed by atoms with van der Waals surface area (Å²) in [5.41, 5.74) is 0. The molecule has 0 saturated heterocycles. The number of aryl methyl sites for hydroxylation is 1. The highest BCUT2D eigenvalue weighted by Crippen LogP contribution is 2.12. The molecular weight excluding hydrogens is 218 g/mol. The largest absolute Gasteiger partial charge is 0.346 e. The van der Waals surface area contributed by atoms with Crippen LogP contribution in [0.5, 0.6) is 0 Å². The lowest BCUT2D eigenvalue weighted by atomic mass is 10.2. The minimum absolute atomic E-state index is 0.282. The van der Waals surface area contributed by atoms with Crippen LogP contribution in [0.3, 0.4) is 0 Å². The van der Waals surface area contributed by atoms with Crippen LogP contribution < -0.4 is 0 Å². The van der Waals surface area contributed by atoms with Gasteiger partial charge in [0, 0.05) is 24.9 Å². The molecule has 0 aliphatic heterocycles. The van der Waals surface area contributed by atoms with Gasteiger partial charge in [0.05, 0.1) is 0 Å². The molecule has 16 heavy (non-hydrogen) atoms. The molecule has 0 saturated carbocycles. The molecule has 1 aromatic rings. The Kier molecular flexibility index (Phi) is 6.16. The predicted octanol–water partition coefficient (Wildman–Crippen LogP) is 3.33. The molecule has 1 aromatic heterocycles. The van der Waals surface area contributed by atoms with Crippen molar-refractivity contribution < 1.29 is 4.79 Å². The summed E-state index contributed by atoms with van der Waals surface area (Å²) < 4.78 is 0. The van der Waals surface area contributed by atoms with Crippen LogP contribution in [0.4, 0.5) is 0 Å². The molecular formula is C13H21NOS. The summed E-state index contributed by atoms with van der Waals surface area (Å²) in [6, 6.07) is 4.20. The Morgan fingerprint density at radius 3 is 2.88 bits per heavy atom. The lowest BCUT2D eigenvalue weighted by Gasteiger charge is -2.16. The van der Waals surface area contributed by atoms with Gasteiger partial charge in [-0.05, 0) is 30.7 Å². The normalized spacial score (nSPS) is 10.4. The van der Waals surface area contributed by atoms with Gasteiger partial charge < -0.3 is 4.90 Å². The second-order valence-electron chi connectivity index (χ2n) is 4.10. The zero-order chi connectivity index (χ0) is 11.8. The summed E-state index contributed by atoms with van der Waals surface area (Å²) in [5.74, 6) is 0.282. The van der Waals surface area contributed by atoms with Gasteiger partial charge in [-0.2, -0.15) is 0 Å². The monoisotopic (exact) mass is 239 g/mol. The smallest absolute Gasteiger partial charge is 0.222 e. The fraction of sp³-hybridized carbons (Fsp3) is 0.615. The van der Waals surface area contributed by atoms with Crippen molar-refractivity contribution in [2.24, 2.45) is 0 Å². The lowest BCUT2D eigenvalue weighted by Crippen LogP contribution is -2.27. The number of hydrogen-bond donors (Lipinski definition) is 0. The quantitative estimate of drug-likeness (QED) is 0.714. The number of rotatable bonds is 7. The Morgan fingerprint density at radius 2 is 2.25 bits per heavy atom. The Balaban J connectivity index is 2.14. The van der Waals surface area contributed by atoms with E-state index in [4.69, 9.17) is 0 Å². The Bertz CT molecular complexity index is 295. The highest BCUT2D eigenvalue weighted by molar-refractivity contribution is 7.09. The van der Waals surface area contributed by atoms with Crippen molar-refractivity contribution in [3.8, 4) is 0 Å². The van der Waals surface area contributed by atoms with Crippen LogP contribution in [0, 0.1) is 0 Å². The number of nitrogens with zero attached hydrogens (tertiary/aromatic N) is 1. The van der Waals surface area contributed by atoms with Gasteiger partial charge in [0.15, 0.2) is 0 Å². The Labute approximate surface area is 102 Å². The molecule has 0 aliphatic carbocycles. The van der Waals surface area contributed by atoms with E-state index in [1.807, 2.05) is 11.9 Å². The first-order chi connectivity index (χ1) is 7.74.